The minimum atomic E-state index is -0.732. The Morgan fingerprint density at radius 1 is 1.25 bits per heavy atom. The molecule has 6 heteroatoms. The van der Waals surface area contributed by atoms with Crippen LogP contribution in [-0.4, -0.2) is 22.7 Å². The largest absolute Gasteiger partial charge is 0.484 e. The highest BCUT2D eigenvalue weighted by atomic mass is 16.6. The zero-order valence-electron chi connectivity index (χ0n) is 15.5. The van der Waals surface area contributed by atoms with Crippen LogP contribution in [0.4, 0.5) is 0 Å². The minimum Gasteiger partial charge on any atom is -0.484 e. The highest BCUT2D eigenvalue weighted by Crippen LogP contribution is 2.37. The zero-order chi connectivity index (χ0) is 19.7. The Kier molecular flexibility index (Phi) is 4.47. The van der Waals surface area contributed by atoms with Gasteiger partial charge in [0.05, 0.1) is 5.69 Å². The minimum absolute atomic E-state index is 0.408. The molecule has 3 aromatic rings. The number of ether oxygens (including phenoxy) is 2. The van der Waals surface area contributed by atoms with Gasteiger partial charge in [0, 0.05) is 36.2 Å². The van der Waals surface area contributed by atoms with Crippen LogP contribution >= 0.6 is 0 Å². The van der Waals surface area contributed by atoms with Gasteiger partial charge in [-0.25, -0.2) is 9.59 Å². The van der Waals surface area contributed by atoms with E-state index in [1.54, 1.807) is 30.5 Å². The Hall–Kier alpha value is -3.41. The van der Waals surface area contributed by atoms with Gasteiger partial charge in [-0.3, -0.25) is 4.98 Å². The molecule has 0 saturated heterocycles. The number of carbonyl (C=O) groups is 1. The van der Waals surface area contributed by atoms with Gasteiger partial charge < -0.3 is 13.9 Å². The summed E-state index contributed by atoms with van der Waals surface area (Å²) in [6.07, 6.45) is 4.67. The van der Waals surface area contributed by atoms with E-state index in [9.17, 15) is 9.59 Å². The maximum absolute atomic E-state index is 12.3. The fourth-order valence-corrected chi connectivity index (χ4v) is 3.18. The Morgan fingerprint density at radius 2 is 2.11 bits per heavy atom. The van der Waals surface area contributed by atoms with Crippen LogP contribution in [0.25, 0.3) is 17.0 Å². The smallest absolute Gasteiger partial charge is 0.336 e. The highest BCUT2D eigenvalue weighted by molar-refractivity contribution is 5.87. The molecule has 1 aromatic carbocycles. The van der Waals surface area contributed by atoms with Gasteiger partial charge in [0.2, 0.25) is 0 Å². The molecule has 4 rings (SSSR count). The first-order valence-electron chi connectivity index (χ1n) is 8.96. The summed E-state index contributed by atoms with van der Waals surface area (Å²) < 4.78 is 17.0. The van der Waals surface area contributed by atoms with Gasteiger partial charge >= 0.3 is 11.6 Å². The SMILES string of the molecule is CC1(C)Oc2cc3oc(=O)ccc3cc2C[C@@H]1OC(=O)/C=C/c1ccccn1. The van der Waals surface area contributed by atoms with E-state index >= 15 is 0 Å². The molecule has 28 heavy (non-hydrogen) atoms. The lowest BCUT2D eigenvalue weighted by Crippen LogP contribution is -2.48. The molecule has 0 bridgehead atoms. The number of hydrogen-bond acceptors (Lipinski definition) is 6. The third kappa shape index (κ3) is 3.67. The Balaban J connectivity index is 1.56. The van der Waals surface area contributed by atoms with Gasteiger partial charge in [-0.1, -0.05) is 6.07 Å². The molecule has 0 radical (unpaired) electrons. The fourth-order valence-electron chi connectivity index (χ4n) is 3.18. The van der Waals surface area contributed by atoms with Crippen LogP contribution in [0.5, 0.6) is 5.75 Å². The van der Waals surface area contributed by atoms with Crippen molar-refractivity contribution in [3.63, 3.8) is 0 Å². The first kappa shape index (κ1) is 18.0. The lowest BCUT2D eigenvalue weighted by atomic mass is 9.90. The number of nitrogens with zero attached hydrogens (tertiary/aromatic N) is 1. The van der Waals surface area contributed by atoms with Crippen molar-refractivity contribution < 1.29 is 18.7 Å². The molecule has 0 amide bonds. The second kappa shape index (κ2) is 6.96. The fraction of sp³-hybridized carbons (Fsp3) is 0.227. The van der Waals surface area contributed by atoms with Gasteiger partial charge in [0.25, 0.3) is 0 Å². The van der Waals surface area contributed by atoms with Crippen molar-refractivity contribution >= 4 is 23.0 Å². The quantitative estimate of drug-likeness (QED) is 0.395. The summed E-state index contributed by atoms with van der Waals surface area (Å²) in [5.74, 6) is 0.172. The van der Waals surface area contributed by atoms with Crippen LogP contribution < -0.4 is 10.4 Å². The third-order valence-corrected chi connectivity index (χ3v) is 4.69. The number of pyridine rings is 1. The maximum Gasteiger partial charge on any atom is 0.336 e. The maximum atomic E-state index is 12.3. The van der Waals surface area contributed by atoms with Crippen molar-refractivity contribution in [3.8, 4) is 5.75 Å². The Morgan fingerprint density at radius 3 is 2.89 bits per heavy atom. The summed E-state index contributed by atoms with van der Waals surface area (Å²) in [5, 5.41) is 0.793. The molecular weight excluding hydrogens is 358 g/mol. The lowest BCUT2D eigenvalue weighted by Gasteiger charge is -2.39. The molecule has 0 spiro atoms. The predicted molar refractivity (Wildman–Crippen MR) is 104 cm³/mol. The summed E-state index contributed by atoms with van der Waals surface area (Å²) in [4.78, 5) is 27.9. The van der Waals surface area contributed by atoms with Crippen LogP contribution in [0.3, 0.4) is 0 Å². The van der Waals surface area contributed by atoms with Gasteiger partial charge in [-0.2, -0.15) is 0 Å². The van der Waals surface area contributed by atoms with Gasteiger partial charge in [0.1, 0.15) is 23.0 Å². The van der Waals surface area contributed by atoms with Crippen LogP contribution in [-0.2, 0) is 16.0 Å². The molecule has 0 unspecified atom stereocenters. The number of rotatable bonds is 3. The molecule has 142 valence electrons. The summed E-state index contributed by atoms with van der Waals surface area (Å²) in [6, 6.07) is 12.2. The van der Waals surface area contributed by atoms with E-state index < -0.39 is 23.3 Å². The van der Waals surface area contributed by atoms with E-state index in [0.29, 0.717) is 23.4 Å². The molecule has 6 nitrogen and oxygen atoms in total. The molecule has 1 atom stereocenters. The van der Waals surface area contributed by atoms with Gasteiger partial charge in [-0.05, 0) is 49.8 Å². The molecule has 2 aromatic heterocycles. The van der Waals surface area contributed by atoms with E-state index in [4.69, 9.17) is 13.9 Å². The van der Waals surface area contributed by atoms with E-state index in [2.05, 4.69) is 4.98 Å². The Labute approximate surface area is 161 Å². The van der Waals surface area contributed by atoms with Gasteiger partial charge in [0.15, 0.2) is 0 Å². The standard InChI is InChI=1S/C22H19NO5/c1-22(2)19(27-21(25)9-7-16-5-3-4-10-23-16)12-15-11-14-6-8-20(24)26-17(14)13-18(15)28-22/h3-11,13,19H,12H2,1-2H3/b9-7+/t19-/m0/s1. The molecule has 0 saturated carbocycles. The number of esters is 1. The first-order valence-corrected chi connectivity index (χ1v) is 8.96. The number of carbonyl (C=O) groups excluding carboxylic acids is 1. The topological polar surface area (TPSA) is 78.6 Å². The van der Waals surface area contributed by atoms with E-state index in [-0.39, 0.29) is 0 Å². The van der Waals surface area contributed by atoms with Crippen LogP contribution in [0.15, 0.2) is 63.9 Å². The molecular formula is C22H19NO5. The van der Waals surface area contributed by atoms with Crippen LogP contribution in [0, 0.1) is 0 Å². The van der Waals surface area contributed by atoms with Crippen LogP contribution in [0.1, 0.15) is 25.1 Å². The van der Waals surface area contributed by atoms with Crippen molar-refractivity contribution in [1.29, 1.82) is 0 Å². The second-order valence-electron chi connectivity index (χ2n) is 7.18. The molecule has 1 aliphatic heterocycles. The normalized spacial score (nSPS) is 17.9. The summed E-state index contributed by atoms with van der Waals surface area (Å²) in [5.41, 5.74) is 0.901. The number of fused-ring (bicyclic) bond motifs is 2. The Bertz CT molecular complexity index is 1110. The monoisotopic (exact) mass is 377 g/mol. The number of hydrogen-bond donors (Lipinski definition) is 0. The van der Waals surface area contributed by atoms with Crippen molar-refractivity contribution in [2.24, 2.45) is 0 Å². The summed E-state index contributed by atoms with van der Waals surface area (Å²) in [7, 11) is 0. The predicted octanol–water partition coefficient (Wildman–Crippen LogP) is 3.53. The molecule has 3 heterocycles. The van der Waals surface area contributed by atoms with E-state index in [1.165, 1.54) is 12.1 Å². The highest BCUT2D eigenvalue weighted by Gasteiger charge is 2.39. The molecule has 0 aliphatic carbocycles. The lowest BCUT2D eigenvalue weighted by molar-refractivity contribution is -0.155. The summed E-state index contributed by atoms with van der Waals surface area (Å²) >= 11 is 0. The number of aromatic nitrogens is 1. The second-order valence-corrected chi connectivity index (χ2v) is 7.18. The third-order valence-electron chi connectivity index (χ3n) is 4.69. The molecule has 0 N–H and O–H groups in total. The van der Waals surface area contributed by atoms with Crippen LogP contribution in [0.2, 0.25) is 0 Å². The zero-order valence-corrected chi connectivity index (χ0v) is 15.5. The van der Waals surface area contributed by atoms with Crippen molar-refractivity contribution in [1.82, 2.24) is 4.98 Å². The van der Waals surface area contributed by atoms with E-state index in [1.807, 2.05) is 32.0 Å². The molecule has 1 aliphatic rings. The average molecular weight is 377 g/mol. The van der Waals surface area contributed by atoms with Crippen molar-refractivity contribution in [3.05, 3.63) is 76.4 Å². The van der Waals surface area contributed by atoms with Crippen molar-refractivity contribution in [2.75, 3.05) is 0 Å². The molecule has 0 fully saturated rings. The summed E-state index contributed by atoms with van der Waals surface area (Å²) in [6.45, 7) is 3.73. The first-order chi connectivity index (χ1) is 13.4. The van der Waals surface area contributed by atoms with Gasteiger partial charge in [-0.15, -0.1) is 0 Å². The van der Waals surface area contributed by atoms with Crippen molar-refractivity contribution in [2.45, 2.75) is 32.0 Å². The van der Waals surface area contributed by atoms with E-state index in [0.717, 1.165) is 10.9 Å². The number of benzene rings is 1. The average Bonchev–Trinajstić information content (AvgIpc) is 2.66.